The fraction of sp³-hybridized carbons (Fsp3) is 0.438. The van der Waals surface area contributed by atoms with Crippen molar-refractivity contribution in [2.24, 2.45) is 5.84 Å². The molecule has 1 aromatic heterocycles. The molecule has 3 N–H and O–H groups in total. The topological polar surface area (TPSA) is 54.2 Å². The molecule has 4 heteroatoms. The SMILES string of the molecule is CCCc1cc(NN)c2cc(N(CC)CC)ccc2n1. The highest BCUT2D eigenvalue weighted by atomic mass is 15.2. The van der Waals surface area contributed by atoms with Crippen LogP contribution in [0.4, 0.5) is 11.4 Å². The van der Waals surface area contributed by atoms with Gasteiger partial charge in [0.25, 0.3) is 0 Å². The molecule has 0 spiro atoms. The van der Waals surface area contributed by atoms with Crippen molar-refractivity contribution in [2.45, 2.75) is 33.6 Å². The summed E-state index contributed by atoms with van der Waals surface area (Å²) >= 11 is 0. The van der Waals surface area contributed by atoms with Crippen molar-refractivity contribution in [1.82, 2.24) is 4.98 Å². The summed E-state index contributed by atoms with van der Waals surface area (Å²) in [4.78, 5) is 7.03. The zero-order chi connectivity index (χ0) is 14.5. The Kier molecular flexibility index (Phi) is 4.79. The van der Waals surface area contributed by atoms with Crippen LogP contribution in [0.2, 0.25) is 0 Å². The number of hydrazine groups is 1. The second-order valence-electron chi connectivity index (χ2n) is 4.93. The highest BCUT2D eigenvalue weighted by molar-refractivity contribution is 5.93. The van der Waals surface area contributed by atoms with Crippen LogP contribution >= 0.6 is 0 Å². The first-order chi connectivity index (χ1) is 9.73. The van der Waals surface area contributed by atoms with Gasteiger partial charge in [-0.25, -0.2) is 0 Å². The van der Waals surface area contributed by atoms with Crippen LogP contribution in [0.1, 0.15) is 32.9 Å². The van der Waals surface area contributed by atoms with E-state index in [0.717, 1.165) is 48.2 Å². The largest absolute Gasteiger partial charge is 0.372 e. The lowest BCUT2D eigenvalue weighted by atomic mass is 10.1. The summed E-state index contributed by atoms with van der Waals surface area (Å²) in [5.74, 6) is 5.68. The van der Waals surface area contributed by atoms with Gasteiger partial charge in [-0.1, -0.05) is 13.3 Å². The second-order valence-corrected chi connectivity index (χ2v) is 4.93. The molecule has 0 amide bonds. The van der Waals surface area contributed by atoms with Gasteiger partial charge in [-0.3, -0.25) is 10.8 Å². The van der Waals surface area contributed by atoms with Crippen molar-refractivity contribution in [2.75, 3.05) is 23.4 Å². The molecule has 0 atom stereocenters. The van der Waals surface area contributed by atoms with E-state index in [0.29, 0.717) is 0 Å². The molecular weight excluding hydrogens is 248 g/mol. The summed E-state index contributed by atoms with van der Waals surface area (Å²) in [6.07, 6.45) is 2.06. The van der Waals surface area contributed by atoms with E-state index in [2.05, 4.69) is 55.4 Å². The first-order valence-corrected chi connectivity index (χ1v) is 7.38. The maximum Gasteiger partial charge on any atom is 0.0728 e. The third kappa shape index (κ3) is 2.85. The highest BCUT2D eigenvalue weighted by Crippen LogP contribution is 2.27. The van der Waals surface area contributed by atoms with E-state index in [1.807, 2.05) is 0 Å². The van der Waals surface area contributed by atoms with Crippen LogP contribution in [0.25, 0.3) is 10.9 Å². The fourth-order valence-corrected chi connectivity index (χ4v) is 2.56. The molecule has 0 bridgehead atoms. The highest BCUT2D eigenvalue weighted by Gasteiger charge is 2.08. The van der Waals surface area contributed by atoms with Crippen molar-refractivity contribution in [3.8, 4) is 0 Å². The number of aryl methyl sites for hydroxylation is 1. The molecule has 0 saturated carbocycles. The number of anilines is 2. The zero-order valence-electron chi connectivity index (χ0n) is 12.6. The van der Waals surface area contributed by atoms with E-state index in [1.54, 1.807) is 0 Å². The second kappa shape index (κ2) is 6.57. The number of nitrogens with two attached hydrogens (primary N) is 1. The van der Waals surface area contributed by atoms with E-state index < -0.39 is 0 Å². The van der Waals surface area contributed by atoms with Crippen molar-refractivity contribution in [3.63, 3.8) is 0 Å². The standard InChI is InChI=1S/C16H24N4/c1-4-7-12-10-16(19-17)14-11-13(20(5-2)6-3)8-9-15(14)18-12/h8-11H,4-7,17H2,1-3H3,(H,18,19). The monoisotopic (exact) mass is 272 g/mol. The number of benzene rings is 1. The van der Waals surface area contributed by atoms with Crippen LogP contribution in [0.5, 0.6) is 0 Å². The molecule has 2 rings (SSSR count). The lowest BCUT2D eigenvalue weighted by molar-refractivity contribution is 0.866. The number of aromatic nitrogens is 1. The first-order valence-electron chi connectivity index (χ1n) is 7.38. The van der Waals surface area contributed by atoms with Gasteiger partial charge in [-0.05, 0) is 44.5 Å². The Balaban J connectivity index is 2.53. The Bertz CT molecular complexity index is 576. The van der Waals surface area contributed by atoms with E-state index in [9.17, 15) is 0 Å². The van der Waals surface area contributed by atoms with Gasteiger partial charge in [0.05, 0.1) is 11.2 Å². The number of nitrogens with one attached hydrogen (secondary N) is 1. The number of nitrogens with zero attached hydrogens (tertiary/aromatic N) is 2. The number of hydrogen-bond acceptors (Lipinski definition) is 4. The molecule has 1 heterocycles. The summed E-state index contributed by atoms with van der Waals surface area (Å²) in [6, 6.07) is 8.44. The van der Waals surface area contributed by atoms with Gasteiger partial charge in [-0.15, -0.1) is 0 Å². The molecule has 0 aliphatic rings. The molecule has 20 heavy (non-hydrogen) atoms. The van der Waals surface area contributed by atoms with Crippen LogP contribution in [-0.4, -0.2) is 18.1 Å². The molecule has 2 aromatic rings. The first kappa shape index (κ1) is 14.6. The lowest BCUT2D eigenvalue weighted by Crippen LogP contribution is -2.21. The maximum absolute atomic E-state index is 5.68. The lowest BCUT2D eigenvalue weighted by Gasteiger charge is -2.21. The summed E-state index contributed by atoms with van der Waals surface area (Å²) in [7, 11) is 0. The Morgan fingerprint density at radius 1 is 1.15 bits per heavy atom. The molecule has 0 fully saturated rings. The average Bonchev–Trinajstić information content (AvgIpc) is 2.48. The minimum absolute atomic E-state index is 0.951. The van der Waals surface area contributed by atoms with E-state index in [1.165, 1.54) is 5.69 Å². The maximum atomic E-state index is 5.68. The molecule has 0 aliphatic heterocycles. The van der Waals surface area contributed by atoms with Gasteiger partial charge >= 0.3 is 0 Å². The Hall–Kier alpha value is -1.81. The molecule has 0 radical (unpaired) electrons. The molecule has 0 aliphatic carbocycles. The normalized spacial score (nSPS) is 10.8. The Morgan fingerprint density at radius 2 is 1.90 bits per heavy atom. The van der Waals surface area contributed by atoms with Crippen molar-refractivity contribution < 1.29 is 0 Å². The molecular formula is C16H24N4. The summed E-state index contributed by atoms with van der Waals surface area (Å²) in [5.41, 5.74) is 7.06. The van der Waals surface area contributed by atoms with Gasteiger partial charge in [-0.2, -0.15) is 0 Å². The Labute approximate surface area is 121 Å². The number of pyridine rings is 1. The Morgan fingerprint density at radius 3 is 2.50 bits per heavy atom. The molecule has 0 unspecified atom stereocenters. The number of fused-ring (bicyclic) bond motifs is 1. The van der Waals surface area contributed by atoms with Crippen molar-refractivity contribution in [1.29, 1.82) is 0 Å². The number of hydrogen-bond donors (Lipinski definition) is 2. The third-order valence-corrected chi connectivity index (χ3v) is 3.64. The molecule has 108 valence electrons. The van der Waals surface area contributed by atoms with Crippen LogP contribution in [-0.2, 0) is 6.42 Å². The predicted molar refractivity (Wildman–Crippen MR) is 87.1 cm³/mol. The van der Waals surface area contributed by atoms with Gasteiger partial charge in [0, 0.05) is 29.9 Å². The predicted octanol–water partition coefficient (Wildman–Crippen LogP) is 3.32. The average molecular weight is 272 g/mol. The van der Waals surface area contributed by atoms with Crippen LogP contribution in [0.15, 0.2) is 24.3 Å². The molecule has 1 aromatic carbocycles. The van der Waals surface area contributed by atoms with Crippen LogP contribution in [0, 0.1) is 0 Å². The van der Waals surface area contributed by atoms with Gasteiger partial charge in [0.15, 0.2) is 0 Å². The quantitative estimate of drug-likeness (QED) is 0.625. The van der Waals surface area contributed by atoms with Crippen LogP contribution < -0.4 is 16.2 Å². The summed E-state index contributed by atoms with van der Waals surface area (Å²) in [6.45, 7) is 8.48. The van der Waals surface area contributed by atoms with E-state index in [-0.39, 0.29) is 0 Å². The van der Waals surface area contributed by atoms with E-state index in [4.69, 9.17) is 10.8 Å². The zero-order valence-corrected chi connectivity index (χ0v) is 12.6. The van der Waals surface area contributed by atoms with Crippen molar-refractivity contribution >= 4 is 22.3 Å². The van der Waals surface area contributed by atoms with Crippen LogP contribution in [0.3, 0.4) is 0 Å². The molecule has 4 nitrogen and oxygen atoms in total. The number of nitrogen functional groups attached to an aromatic ring is 1. The summed E-state index contributed by atoms with van der Waals surface area (Å²) < 4.78 is 0. The number of rotatable bonds is 6. The molecule has 0 saturated heterocycles. The minimum atomic E-state index is 0.951. The van der Waals surface area contributed by atoms with Gasteiger partial charge in [0.1, 0.15) is 0 Å². The van der Waals surface area contributed by atoms with E-state index >= 15 is 0 Å². The smallest absolute Gasteiger partial charge is 0.0728 e. The van der Waals surface area contributed by atoms with Gasteiger partial charge in [0.2, 0.25) is 0 Å². The third-order valence-electron chi connectivity index (χ3n) is 3.64. The minimum Gasteiger partial charge on any atom is -0.372 e. The van der Waals surface area contributed by atoms with Gasteiger partial charge < -0.3 is 10.3 Å². The fourth-order valence-electron chi connectivity index (χ4n) is 2.56. The van der Waals surface area contributed by atoms with Crippen molar-refractivity contribution in [3.05, 3.63) is 30.0 Å². The summed E-state index contributed by atoms with van der Waals surface area (Å²) in [5, 5.41) is 1.08.